The smallest absolute Gasteiger partial charge is 0.235 e. The quantitative estimate of drug-likeness (QED) is 0.172. The average molecular weight is 630 g/mol. The van der Waals surface area contributed by atoms with Crippen molar-refractivity contribution in [3.05, 3.63) is 164 Å². The van der Waals surface area contributed by atoms with Crippen LogP contribution in [0.5, 0.6) is 0 Å². The second-order valence-corrected chi connectivity index (χ2v) is 12.1. The molecule has 0 aliphatic carbocycles. The number of hydrogen-bond donors (Lipinski definition) is 0. The molecule has 0 unspecified atom stereocenters. The first kappa shape index (κ1) is 28.6. The van der Waals surface area contributed by atoms with E-state index in [1.165, 1.54) is 0 Å². The van der Waals surface area contributed by atoms with Gasteiger partial charge in [0, 0.05) is 39.0 Å². The minimum absolute atomic E-state index is 0.655. The van der Waals surface area contributed by atoms with Gasteiger partial charge in [-0.2, -0.15) is 0 Å². The molecule has 0 aliphatic rings. The normalized spacial score (nSPS) is 12.3. The monoisotopic (exact) mass is 629 g/mol. The molecule has 0 fully saturated rings. The van der Waals surface area contributed by atoms with Crippen LogP contribution in [-0.2, 0) is 0 Å². The van der Waals surface area contributed by atoms with E-state index in [-0.39, 0.29) is 0 Å². The van der Waals surface area contributed by atoms with Gasteiger partial charge in [0.1, 0.15) is 0 Å². The molecule has 0 bridgehead atoms. The lowest BCUT2D eigenvalue weighted by atomic mass is 10.0. The zero-order chi connectivity index (χ0) is 32.9. The molecule has 5 aromatic carbocycles. The van der Waals surface area contributed by atoms with Crippen LogP contribution in [0.25, 0.3) is 88.7 Å². The summed E-state index contributed by atoms with van der Waals surface area (Å²) < 4.78 is 4.47. The van der Waals surface area contributed by atoms with Gasteiger partial charge in [-0.15, -0.1) is 0 Å². The largest absolute Gasteiger partial charge is 0.308 e. The summed E-state index contributed by atoms with van der Waals surface area (Å²) in [4.78, 5) is 15.2. The van der Waals surface area contributed by atoms with Crippen molar-refractivity contribution >= 4 is 60.3 Å². The first-order valence-electron chi connectivity index (χ1n) is 16.4. The summed E-state index contributed by atoms with van der Waals surface area (Å²) in [5.74, 6) is 0.655. The Morgan fingerprint density at radius 2 is 1.31 bits per heavy atom. The Morgan fingerprint density at radius 1 is 0.612 bits per heavy atom. The number of allylic oxidation sites excluding steroid dienone is 5. The van der Waals surface area contributed by atoms with Crippen molar-refractivity contribution < 1.29 is 0 Å². The van der Waals surface area contributed by atoms with Gasteiger partial charge < -0.3 is 4.57 Å². The summed E-state index contributed by atoms with van der Waals surface area (Å²) in [5.41, 5.74) is 11.5. The van der Waals surface area contributed by atoms with Crippen LogP contribution in [0.1, 0.15) is 6.92 Å². The van der Waals surface area contributed by atoms with Crippen molar-refractivity contribution in [2.75, 3.05) is 0 Å². The lowest BCUT2D eigenvalue weighted by molar-refractivity contribution is 1.01. The molecule has 4 aromatic heterocycles. The van der Waals surface area contributed by atoms with Gasteiger partial charge in [0.05, 0.1) is 38.8 Å². The van der Waals surface area contributed by atoms with E-state index in [4.69, 9.17) is 15.0 Å². The van der Waals surface area contributed by atoms with E-state index >= 15 is 0 Å². The Labute approximate surface area is 283 Å². The summed E-state index contributed by atoms with van der Waals surface area (Å²) in [5, 5.41) is 4.45. The maximum Gasteiger partial charge on any atom is 0.235 e. The second-order valence-electron chi connectivity index (χ2n) is 12.1. The van der Waals surface area contributed by atoms with Gasteiger partial charge in [0.2, 0.25) is 5.95 Å². The molecule has 9 rings (SSSR count). The second kappa shape index (κ2) is 11.6. The SMILES string of the molecule is C=C/C=C\C(=C/C)n1c2ccc(-c3ccc4c(c3)c3ccccc3n4-c3nc(-c4ccccc4)c4ccccc4n3)cc2c2ncccc21. The van der Waals surface area contributed by atoms with E-state index < -0.39 is 0 Å². The molecule has 5 heteroatoms. The number of pyridine rings is 1. The number of fused-ring (bicyclic) bond motifs is 7. The third-order valence-corrected chi connectivity index (χ3v) is 9.32. The first-order valence-corrected chi connectivity index (χ1v) is 16.4. The van der Waals surface area contributed by atoms with E-state index in [0.29, 0.717) is 5.95 Å². The third-order valence-electron chi connectivity index (χ3n) is 9.32. The van der Waals surface area contributed by atoms with E-state index in [9.17, 15) is 0 Å². The number of para-hydroxylation sites is 2. The van der Waals surface area contributed by atoms with E-state index in [2.05, 4.69) is 138 Å². The highest BCUT2D eigenvalue weighted by atomic mass is 15.2. The zero-order valence-corrected chi connectivity index (χ0v) is 27.0. The Balaban J connectivity index is 1.25. The Kier molecular flexibility index (Phi) is 6.76. The minimum Gasteiger partial charge on any atom is -0.308 e. The fourth-order valence-corrected chi connectivity index (χ4v) is 7.11. The molecule has 0 saturated carbocycles. The summed E-state index contributed by atoms with van der Waals surface area (Å²) >= 11 is 0. The fourth-order valence-electron chi connectivity index (χ4n) is 7.11. The van der Waals surface area contributed by atoms with Gasteiger partial charge in [-0.25, -0.2) is 9.97 Å². The van der Waals surface area contributed by atoms with E-state index in [1.807, 2.05) is 36.5 Å². The van der Waals surface area contributed by atoms with Crippen molar-refractivity contribution in [3.63, 3.8) is 0 Å². The van der Waals surface area contributed by atoms with Gasteiger partial charge in [0.15, 0.2) is 0 Å². The van der Waals surface area contributed by atoms with Crippen molar-refractivity contribution in [2.45, 2.75) is 6.92 Å². The topological polar surface area (TPSA) is 48.5 Å². The molecule has 49 heavy (non-hydrogen) atoms. The lowest BCUT2D eigenvalue weighted by Gasteiger charge is -2.12. The van der Waals surface area contributed by atoms with Crippen LogP contribution in [0, 0.1) is 0 Å². The van der Waals surface area contributed by atoms with E-state index in [1.54, 1.807) is 6.08 Å². The lowest BCUT2D eigenvalue weighted by Crippen LogP contribution is -2.03. The Hall–Kier alpha value is -6.59. The first-order chi connectivity index (χ1) is 24.2. The summed E-state index contributed by atoms with van der Waals surface area (Å²) in [7, 11) is 0. The van der Waals surface area contributed by atoms with Crippen LogP contribution < -0.4 is 0 Å². The van der Waals surface area contributed by atoms with Crippen LogP contribution in [0.2, 0.25) is 0 Å². The van der Waals surface area contributed by atoms with Crippen molar-refractivity contribution in [3.8, 4) is 28.3 Å². The highest BCUT2D eigenvalue weighted by Gasteiger charge is 2.19. The molecule has 0 amide bonds. The third kappa shape index (κ3) is 4.59. The Bertz CT molecular complexity index is 2800. The molecule has 9 aromatic rings. The number of nitrogens with zero attached hydrogens (tertiary/aromatic N) is 5. The number of benzene rings is 5. The van der Waals surface area contributed by atoms with Gasteiger partial charge in [-0.05, 0) is 72.7 Å². The molecular weight excluding hydrogens is 599 g/mol. The fraction of sp³-hybridized carbons (Fsp3) is 0.0227. The van der Waals surface area contributed by atoms with Crippen LogP contribution in [0.3, 0.4) is 0 Å². The van der Waals surface area contributed by atoms with Crippen LogP contribution >= 0.6 is 0 Å². The number of rotatable bonds is 6. The summed E-state index contributed by atoms with van der Waals surface area (Å²) in [6.07, 6.45) is 9.83. The maximum absolute atomic E-state index is 5.23. The zero-order valence-electron chi connectivity index (χ0n) is 27.0. The average Bonchev–Trinajstić information content (AvgIpc) is 3.67. The van der Waals surface area contributed by atoms with Gasteiger partial charge in [-0.1, -0.05) is 104 Å². The molecule has 4 heterocycles. The molecule has 0 spiro atoms. The van der Waals surface area contributed by atoms with Gasteiger partial charge in [-0.3, -0.25) is 9.55 Å². The highest BCUT2D eigenvalue weighted by Crippen LogP contribution is 2.38. The van der Waals surface area contributed by atoms with Crippen molar-refractivity contribution in [2.24, 2.45) is 0 Å². The van der Waals surface area contributed by atoms with E-state index in [0.717, 1.165) is 82.7 Å². The Morgan fingerprint density at radius 3 is 2.12 bits per heavy atom. The molecule has 0 aliphatic heterocycles. The molecule has 232 valence electrons. The highest BCUT2D eigenvalue weighted by molar-refractivity contribution is 6.12. The summed E-state index contributed by atoms with van der Waals surface area (Å²) in [6.45, 7) is 5.92. The molecule has 0 saturated heterocycles. The van der Waals surface area contributed by atoms with Gasteiger partial charge in [0.25, 0.3) is 0 Å². The number of aromatic nitrogens is 5. The molecule has 0 N–H and O–H groups in total. The minimum atomic E-state index is 0.655. The maximum atomic E-state index is 5.23. The van der Waals surface area contributed by atoms with Crippen molar-refractivity contribution in [1.29, 1.82) is 0 Å². The van der Waals surface area contributed by atoms with Gasteiger partial charge >= 0.3 is 0 Å². The molecule has 0 radical (unpaired) electrons. The van der Waals surface area contributed by atoms with Crippen LogP contribution in [0.4, 0.5) is 0 Å². The predicted molar refractivity (Wildman–Crippen MR) is 205 cm³/mol. The standard InChI is InChI=1S/C44H31N5/c1-3-5-16-32(4-2)48-40-25-23-31(28-36(40)43-41(48)21-13-26-45-43)30-22-24-39-35(27-30)33-17-10-12-20-38(33)49(39)44-46-37-19-11-9-18-34(37)42(47-44)29-14-7-6-8-15-29/h3-28H,1H2,2H3/b16-5-,32-4+. The van der Waals surface area contributed by atoms with Crippen LogP contribution in [-0.4, -0.2) is 24.1 Å². The molecular formula is C44H31N5. The molecule has 0 atom stereocenters. The van der Waals surface area contributed by atoms with Crippen LogP contribution in [0.15, 0.2) is 164 Å². The van der Waals surface area contributed by atoms with Crippen molar-refractivity contribution in [1.82, 2.24) is 24.1 Å². The number of hydrogen-bond acceptors (Lipinski definition) is 3. The molecule has 5 nitrogen and oxygen atoms in total. The predicted octanol–water partition coefficient (Wildman–Crippen LogP) is 11.2. The summed E-state index contributed by atoms with van der Waals surface area (Å²) in [6, 6.07) is 44.6.